The van der Waals surface area contributed by atoms with E-state index in [1.54, 1.807) is 67.8 Å². The molecule has 4 aromatic rings. The molecule has 3 aromatic carbocycles. The molecule has 0 radical (unpaired) electrons. The number of methoxy groups -OCH3 is 1. The first-order chi connectivity index (χ1) is 14.1. The van der Waals surface area contributed by atoms with Crippen molar-refractivity contribution in [1.82, 2.24) is 10.1 Å². The third-order valence-electron chi connectivity index (χ3n) is 4.25. The lowest BCUT2D eigenvalue weighted by Gasteiger charge is -2.06. The zero-order valence-corrected chi connectivity index (χ0v) is 15.4. The van der Waals surface area contributed by atoms with Gasteiger partial charge in [-0.05, 0) is 60.7 Å². The summed E-state index contributed by atoms with van der Waals surface area (Å²) in [7, 11) is 1.58. The third-order valence-corrected chi connectivity index (χ3v) is 4.25. The van der Waals surface area contributed by atoms with Gasteiger partial charge in [-0.25, -0.2) is 4.39 Å². The first-order valence-corrected chi connectivity index (χ1v) is 8.78. The highest BCUT2D eigenvalue weighted by atomic mass is 19.1. The smallest absolute Gasteiger partial charge is 0.258 e. The molecule has 0 spiro atoms. The first kappa shape index (κ1) is 18.4. The summed E-state index contributed by atoms with van der Waals surface area (Å²) in [5.41, 5.74) is 2.32. The summed E-state index contributed by atoms with van der Waals surface area (Å²) in [4.78, 5) is 16.7. The summed E-state index contributed by atoms with van der Waals surface area (Å²) in [6.45, 7) is 0. The number of ether oxygens (including phenoxy) is 1. The van der Waals surface area contributed by atoms with Crippen molar-refractivity contribution < 1.29 is 18.4 Å². The Labute approximate surface area is 166 Å². The number of amides is 1. The number of aromatic nitrogens is 2. The van der Waals surface area contributed by atoms with Crippen LogP contribution in [0.2, 0.25) is 0 Å². The summed E-state index contributed by atoms with van der Waals surface area (Å²) in [6, 6.07) is 19.8. The summed E-state index contributed by atoms with van der Waals surface area (Å²) in [5, 5.41) is 6.71. The first-order valence-electron chi connectivity index (χ1n) is 8.78. The topological polar surface area (TPSA) is 77.2 Å². The van der Waals surface area contributed by atoms with Gasteiger partial charge in [0.15, 0.2) is 0 Å². The van der Waals surface area contributed by atoms with Crippen LogP contribution in [-0.4, -0.2) is 23.2 Å². The van der Waals surface area contributed by atoms with Crippen molar-refractivity contribution in [2.45, 2.75) is 0 Å². The highest BCUT2D eigenvalue weighted by Gasteiger charge is 2.12. The lowest BCUT2D eigenvalue weighted by molar-refractivity contribution is 0.102. The Morgan fingerprint density at radius 1 is 1.00 bits per heavy atom. The number of carbonyl (C=O) groups is 1. The minimum atomic E-state index is -0.374. The maximum Gasteiger partial charge on any atom is 0.258 e. The summed E-state index contributed by atoms with van der Waals surface area (Å²) < 4.78 is 23.7. The van der Waals surface area contributed by atoms with E-state index in [0.717, 1.165) is 0 Å². The van der Waals surface area contributed by atoms with Crippen LogP contribution in [0, 0.1) is 5.82 Å². The molecule has 0 saturated heterocycles. The fourth-order valence-electron chi connectivity index (χ4n) is 2.73. The molecule has 0 aliphatic heterocycles. The van der Waals surface area contributed by atoms with Crippen LogP contribution in [0.25, 0.3) is 22.8 Å². The van der Waals surface area contributed by atoms with Gasteiger partial charge < -0.3 is 14.6 Å². The van der Waals surface area contributed by atoms with Crippen molar-refractivity contribution in [1.29, 1.82) is 0 Å². The van der Waals surface area contributed by atoms with E-state index in [1.165, 1.54) is 12.1 Å². The van der Waals surface area contributed by atoms with Gasteiger partial charge in [-0.15, -0.1) is 0 Å². The largest absolute Gasteiger partial charge is 0.497 e. The highest BCUT2D eigenvalue weighted by molar-refractivity contribution is 6.04. The van der Waals surface area contributed by atoms with Crippen LogP contribution in [0.3, 0.4) is 0 Å². The fraction of sp³-hybridized carbons (Fsp3) is 0.0455. The number of nitrogens with one attached hydrogen (secondary N) is 1. The molecular weight excluding hydrogens is 373 g/mol. The van der Waals surface area contributed by atoms with E-state index in [0.29, 0.717) is 34.0 Å². The quantitative estimate of drug-likeness (QED) is 0.530. The van der Waals surface area contributed by atoms with Crippen molar-refractivity contribution in [3.05, 3.63) is 84.2 Å². The second kappa shape index (κ2) is 7.93. The zero-order valence-electron chi connectivity index (χ0n) is 15.4. The molecule has 0 unspecified atom stereocenters. The van der Waals surface area contributed by atoms with Gasteiger partial charge in [0.2, 0.25) is 5.82 Å². The monoisotopic (exact) mass is 389 g/mol. The highest BCUT2D eigenvalue weighted by Crippen LogP contribution is 2.23. The zero-order chi connectivity index (χ0) is 20.2. The molecule has 0 atom stereocenters. The van der Waals surface area contributed by atoms with Gasteiger partial charge in [-0.2, -0.15) is 4.98 Å². The summed E-state index contributed by atoms with van der Waals surface area (Å²) >= 11 is 0. The molecule has 0 saturated carbocycles. The predicted molar refractivity (Wildman–Crippen MR) is 106 cm³/mol. The molecule has 0 fully saturated rings. The molecule has 1 heterocycles. The number of rotatable bonds is 5. The van der Waals surface area contributed by atoms with Gasteiger partial charge in [0, 0.05) is 22.4 Å². The van der Waals surface area contributed by atoms with E-state index in [1.807, 2.05) is 0 Å². The second-order valence-corrected chi connectivity index (χ2v) is 6.19. The molecular formula is C22H16FN3O3. The van der Waals surface area contributed by atoms with Crippen LogP contribution >= 0.6 is 0 Å². The number of hydrogen-bond donors (Lipinski definition) is 1. The van der Waals surface area contributed by atoms with Crippen LogP contribution in [0.5, 0.6) is 5.75 Å². The fourth-order valence-corrected chi connectivity index (χ4v) is 2.73. The van der Waals surface area contributed by atoms with Gasteiger partial charge >= 0.3 is 0 Å². The Hall–Kier alpha value is -4.00. The molecule has 6 nitrogen and oxygen atoms in total. The third kappa shape index (κ3) is 4.14. The van der Waals surface area contributed by atoms with Crippen molar-refractivity contribution in [2.75, 3.05) is 12.4 Å². The van der Waals surface area contributed by atoms with E-state index in [4.69, 9.17) is 9.26 Å². The van der Waals surface area contributed by atoms with Crippen LogP contribution in [0.15, 0.2) is 77.3 Å². The van der Waals surface area contributed by atoms with Crippen LogP contribution in [0.1, 0.15) is 10.4 Å². The van der Waals surface area contributed by atoms with E-state index in [9.17, 15) is 9.18 Å². The lowest BCUT2D eigenvalue weighted by Crippen LogP contribution is -2.11. The van der Waals surface area contributed by atoms with Crippen LogP contribution < -0.4 is 10.1 Å². The predicted octanol–water partition coefficient (Wildman–Crippen LogP) is 4.80. The SMILES string of the molecule is COc1ccc(NC(=O)c2ccc(-c3nc(-c4cccc(F)c4)no3)cc2)cc1. The van der Waals surface area contributed by atoms with E-state index in [-0.39, 0.29) is 17.6 Å². The van der Waals surface area contributed by atoms with Crippen molar-refractivity contribution >= 4 is 11.6 Å². The molecule has 0 aliphatic carbocycles. The van der Waals surface area contributed by atoms with Crippen molar-refractivity contribution in [2.24, 2.45) is 0 Å². The van der Waals surface area contributed by atoms with Gasteiger partial charge in [0.25, 0.3) is 11.8 Å². The lowest BCUT2D eigenvalue weighted by atomic mass is 10.1. The van der Waals surface area contributed by atoms with Gasteiger partial charge in [0.1, 0.15) is 11.6 Å². The van der Waals surface area contributed by atoms with E-state index >= 15 is 0 Å². The molecule has 1 N–H and O–H groups in total. The molecule has 1 aromatic heterocycles. The Morgan fingerprint density at radius 2 is 1.76 bits per heavy atom. The van der Waals surface area contributed by atoms with Crippen LogP contribution in [-0.2, 0) is 0 Å². The minimum absolute atomic E-state index is 0.243. The minimum Gasteiger partial charge on any atom is -0.497 e. The average molecular weight is 389 g/mol. The normalized spacial score (nSPS) is 10.6. The molecule has 0 aliphatic rings. The van der Waals surface area contributed by atoms with Gasteiger partial charge in [0.05, 0.1) is 7.11 Å². The van der Waals surface area contributed by atoms with Gasteiger partial charge in [-0.1, -0.05) is 17.3 Å². The standard InChI is InChI=1S/C22H16FN3O3/c1-28-19-11-9-18(10-12-19)24-21(27)14-5-7-15(8-6-14)22-25-20(26-29-22)16-3-2-4-17(23)13-16/h2-13H,1H3,(H,24,27). The Kier molecular flexibility index (Phi) is 5.03. The van der Waals surface area contributed by atoms with Crippen molar-refractivity contribution in [3.8, 4) is 28.6 Å². The molecule has 1 amide bonds. The number of anilines is 1. The van der Waals surface area contributed by atoms with E-state index in [2.05, 4.69) is 15.5 Å². The average Bonchev–Trinajstić information content (AvgIpc) is 3.25. The molecule has 4 rings (SSSR count). The molecule has 29 heavy (non-hydrogen) atoms. The number of hydrogen-bond acceptors (Lipinski definition) is 5. The van der Waals surface area contributed by atoms with Gasteiger partial charge in [-0.3, -0.25) is 4.79 Å². The number of halogens is 1. The Bertz CT molecular complexity index is 1140. The number of benzene rings is 3. The molecule has 7 heteroatoms. The second-order valence-electron chi connectivity index (χ2n) is 6.19. The Morgan fingerprint density at radius 3 is 2.45 bits per heavy atom. The number of carbonyl (C=O) groups excluding carboxylic acids is 1. The van der Waals surface area contributed by atoms with Crippen LogP contribution in [0.4, 0.5) is 10.1 Å². The van der Waals surface area contributed by atoms with E-state index < -0.39 is 0 Å². The Balaban J connectivity index is 1.48. The molecule has 144 valence electrons. The maximum atomic E-state index is 13.4. The summed E-state index contributed by atoms with van der Waals surface area (Å²) in [6.07, 6.45) is 0. The summed E-state index contributed by atoms with van der Waals surface area (Å²) in [5.74, 6) is 0.672. The molecule has 0 bridgehead atoms. The number of nitrogens with zero attached hydrogens (tertiary/aromatic N) is 2. The maximum absolute atomic E-state index is 13.4. The van der Waals surface area contributed by atoms with Crippen molar-refractivity contribution in [3.63, 3.8) is 0 Å².